The normalized spacial score (nSPS) is 25.7. The van der Waals surface area contributed by atoms with E-state index >= 15 is 0 Å². The Balaban J connectivity index is 1.50. The van der Waals surface area contributed by atoms with Gasteiger partial charge in [-0.15, -0.1) is 11.3 Å². The summed E-state index contributed by atoms with van der Waals surface area (Å²) in [5, 5.41) is 1.83. The molecular formula is C15H24N4O2S. The molecule has 0 radical (unpaired) electrons. The van der Waals surface area contributed by atoms with Crippen molar-refractivity contribution in [3.05, 3.63) is 16.6 Å². The van der Waals surface area contributed by atoms with Crippen molar-refractivity contribution in [2.24, 2.45) is 0 Å². The van der Waals surface area contributed by atoms with Crippen LogP contribution in [0, 0.1) is 0 Å². The molecule has 0 aliphatic carbocycles. The number of fused-ring (bicyclic) bond motifs is 1. The summed E-state index contributed by atoms with van der Waals surface area (Å²) in [6.45, 7) is 5.25. The molecule has 0 N–H and O–H groups in total. The number of rotatable bonds is 5. The zero-order valence-corrected chi connectivity index (χ0v) is 14.1. The average molecular weight is 324 g/mol. The second kappa shape index (κ2) is 7.04. The summed E-state index contributed by atoms with van der Waals surface area (Å²) in [5.41, 5.74) is 2.29. The van der Waals surface area contributed by atoms with Gasteiger partial charge in [0.1, 0.15) is 5.69 Å². The molecular weight excluding hydrogens is 300 g/mol. The minimum Gasteiger partial charge on any atom is -0.375 e. The van der Waals surface area contributed by atoms with Gasteiger partial charge in [-0.3, -0.25) is 9.69 Å². The Hall–Kier alpha value is -1.02. The van der Waals surface area contributed by atoms with Crippen molar-refractivity contribution in [3.63, 3.8) is 0 Å². The quantitative estimate of drug-likeness (QED) is 0.795. The molecule has 1 aromatic heterocycles. The van der Waals surface area contributed by atoms with Crippen molar-refractivity contribution in [3.8, 4) is 0 Å². The van der Waals surface area contributed by atoms with E-state index in [1.54, 1.807) is 5.51 Å². The smallest absolute Gasteiger partial charge is 0.273 e. The lowest BCUT2D eigenvalue weighted by Crippen LogP contribution is -2.52. The third-order valence-electron chi connectivity index (χ3n) is 4.41. The van der Waals surface area contributed by atoms with Gasteiger partial charge in [-0.1, -0.05) is 0 Å². The van der Waals surface area contributed by atoms with Crippen LogP contribution in [0.15, 0.2) is 10.9 Å². The fraction of sp³-hybridized carbons (Fsp3) is 0.733. The first kappa shape index (κ1) is 15.9. The maximum Gasteiger partial charge on any atom is 0.273 e. The van der Waals surface area contributed by atoms with Gasteiger partial charge in [0.25, 0.3) is 5.91 Å². The van der Waals surface area contributed by atoms with E-state index in [1.807, 2.05) is 10.3 Å². The number of piperazine rings is 1. The summed E-state index contributed by atoms with van der Waals surface area (Å²) in [4.78, 5) is 23.1. The van der Waals surface area contributed by atoms with Crippen molar-refractivity contribution < 1.29 is 9.53 Å². The van der Waals surface area contributed by atoms with Crippen LogP contribution in [0.2, 0.25) is 0 Å². The van der Waals surface area contributed by atoms with E-state index in [4.69, 9.17) is 4.74 Å². The highest BCUT2D eigenvalue weighted by molar-refractivity contribution is 7.07. The number of amides is 1. The van der Waals surface area contributed by atoms with E-state index in [0.29, 0.717) is 17.8 Å². The van der Waals surface area contributed by atoms with Crippen LogP contribution in [-0.2, 0) is 4.74 Å². The lowest BCUT2D eigenvalue weighted by atomic mass is 10.1. The number of ether oxygens (including phenoxy) is 1. The number of nitrogens with zero attached hydrogens (tertiary/aromatic N) is 4. The molecule has 1 amide bonds. The topological polar surface area (TPSA) is 48.9 Å². The van der Waals surface area contributed by atoms with E-state index in [-0.39, 0.29) is 5.91 Å². The molecule has 2 saturated heterocycles. The van der Waals surface area contributed by atoms with Crippen LogP contribution in [-0.4, -0.2) is 91.2 Å². The van der Waals surface area contributed by atoms with Gasteiger partial charge in [-0.05, 0) is 20.5 Å². The Bertz CT molecular complexity index is 494. The zero-order chi connectivity index (χ0) is 15.5. The summed E-state index contributed by atoms with van der Waals surface area (Å²) in [6.07, 6.45) is 1.33. The van der Waals surface area contributed by atoms with E-state index in [0.717, 1.165) is 45.8 Å². The van der Waals surface area contributed by atoms with Crippen molar-refractivity contribution in [2.45, 2.75) is 18.6 Å². The molecule has 0 aromatic carbocycles. The molecule has 2 fully saturated rings. The Morgan fingerprint density at radius 1 is 1.45 bits per heavy atom. The Morgan fingerprint density at radius 3 is 3.05 bits per heavy atom. The lowest BCUT2D eigenvalue weighted by Gasteiger charge is -2.36. The molecule has 3 heterocycles. The highest BCUT2D eigenvalue weighted by Gasteiger charge is 2.38. The molecule has 0 spiro atoms. The summed E-state index contributed by atoms with van der Waals surface area (Å²) >= 11 is 1.47. The summed E-state index contributed by atoms with van der Waals surface area (Å²) < 4.78 is 5.98. The second-order valence-electron chi connectivity index (χ2n) is 6.31. The van der Waals surface area contributed by atoms with E-state index in [1.165, 1.54) is 11.3 Å². The Labute approximate surface area is 135 Å². The zero-order valence-electron chi connectivity index (χ0n) is 13.3. The minimum absolute atomic E-state index is 0.0675. The average Bonchev–Trinajstić information content (AvgIpc) is 3.14. The molecule has 1 aromatic rings. The van der Waals surface area contributed by atoms with Crippen LogP contribution < -0.4 is 0 Å². The number of thiazole rings is 1. The minimum atomic E-state index is 0.0675. The third kappa shape index (κ3) is 3.65. The van der Waals surface area contributed by atoms with Crippen LogP contribution >= 0.6 is 11.3 Å². The molecule has 122 valence electrons. The Morgan fingerprint density at radius 2 is 2.32 bits per heavy atom. The fourth-order valence-electron chi connectivity index (χ4n) is 3.18. The van der Waals surface area contributed by atoms with Crippen LogP contribution in [0.3, 0.4) is 0 Å². The van der Waals surface area contributed by atoms with Gasteiger partial charge in [-0.2, -0.15) is 0 Å². The van der Waals surface area contributed by atoms with E-state index in [9.17, 15) is 4.79 Å². The predicted molar refractivity (Wildman–Crippen MR) is 86.3 cm³/mol. The molecule has 0 saturated carbocycles. The summed E-state index contributed by atoms with van der Waals surface area (Å²) in [7, 11) is 4.12. The van der Waals surface area contributed by atoms with Gasteiger partial charge in [0.15, 0.2) is 0 Å². The van der Waals surface area contributed by atoms with Crippen LogP contribution in [0.1, 0.15) is 16.9 Å². The molecule has 0 unspecified atom stereocenters. The van der Waals surface area contributed by atoms with Gasteiger partial charge in [0.2, 0.25) is 0 Å². The highest BCUT2D eigenvalue weighted by Crippen LogP contribution is 2.25. The molecule has 22 heavy (non-hydrogen) atoms. The first-order valence-electron chi connectivity index (χ1n) is 7.81. The highest BCUT2D eigenvalue weighted by atomic mass is 32.1. The summed E-state index contributed by atoms with van der Waals surface area (Å²) in [6, 6.07) is 0.431. The van der Waals surface area contributed by atoms with Gasteiger partial charge in [0.05, 0.1) is 18.2 Å². The van der Waals surface area contributed by atoms with Crippen molar-refractivity contribution in [2.75, 3.05) is 53.4 Å². The van der Waals surface area contributed by atoms with Gasteiger partial charge in [0, 0.05) is 44.1 Å². The van der Waals surface area contributed by atoms with Crippen LogP contribution in [0.25, 0.3) is 0 Å². The van der Waals surface area contributed by atoms with Gasteiger partial charge < -0.3 is 14.5 Å². The van der Waals surface area contributed by atoms with Crippen LogP contribution in [0.5, 0.6) is 0 Å². The molecule has 0 bridgehead atoms. The molecule has 2 atom stereocenters. The largest absolute Gasteiger partial charge is 0.375 e. The lowest BCUT2D eigenvalue weighted by molar-refractivity contribution is 0.0478. The maximum absolute atomic E-state index is 12.4. The number of carbonyl (C=O) groups excluding carboxylic acids is 1. The second-order valence-corrected chi connectivity index (χ2v) is 7.02. The van der Waals surface area contributed by atoms with Crippen molar-refractivity contribution in [1.29, 1.82) is 0 Å². The third-order valence-corrected chi connectivity index (χ3v) is 4.99. The molecule has 3 rings (SSSR count). The number of aromatic nitrogens is 1. The molecule has 7 heteroatoms. The van der Waals surface area contributed by atoms with Gasteiger partial charge in [-0.25, -0.2) is 4.98 Å². The monoisotopic (exact) mass is 324 g/mol. The fourth-order valence-corrected chi connectivity index (χ4v) is 3.71. The van der Waals surface area contributed by atoms with E-state index in [2.05, 4.69) is 28.9 Å². The SMILES string of the molecule is CN(C)CCO[C@@H]1C[C@H]2CN(C(=O)c3cscn3)CCN2C1. The van der Waals surface area contributed by atoms with Crippen molar-refractivity contribution >= 4 is 17.2 Å². The number of likely N-dealkylation sites (N-methyl/N-ethyl adjacent to an activating group) is 1. The van der Waals surface area contributed by atoms with Gasteiger partial charge >= 0.3 is 0 Å². The molecule has 2 aliphatic rings. The number of hydrogen-bond acceptors (Lipinski definition) is 6. The van der Waals surface area contributed by atoms with E-state index < -0.39 is 0 Å². The van der Waals surface area contributed by atoms with Crippen molar-refractivity contribution in [1.82, 2.24) is 19.7 Å². The molecule has 6 nitrogen and oxygen atoms in total. The first-order valence-corrected chi connectivity index (χ1v) is 8.75. The number of carbonyl (C=O) groups is 1. The molecule has 2 aliphatic heterocycles. The van der Waals surface area contributed by atoms with Crippen LogP contribution in [0.4, 0.5) is 0 Å². The number of hydrogen-bond donors (Lipinski definition) is 0. The first-order chi connectivity index (χ1) is 10.6. The predicted octanol–water partition coefficient (Wildman–Crippen LogP) is 0.620. The standard InChI is InChI=1S/C15H24N4O2S/c1-17(2)5-6-21-13-7-12-8-19(4-3-18(12)9-13)15(20)14-10-22-11-16-14/h10-13H,3-9H2,1-2H3/t12-,13+/m0/s1. The Kier molecular flexibility index (Phi) is 5.07. The maximum atomic E-state index is 12.4. The summed E-state index contributed by atoms with van der Waals surface area (Å²) in [5.74, 6) is 0.0675.